The molecule has 3 aromatic rings. The Morgan fingerprint density at radius 3 is 2.45 bits per heavy atom. The van der Waals surface area contributed by atoms with Crippen LogP contribution >= 0.6 is 11.6 Å². The first-order chi connectivity index (χ1) is 14.6. The van der Waals surface area contributed by atoms with Gasteiger partial charge in [0.05, 0.1) is 28.9 Å². The van der Waals surface area contributed by atoms with E-state index in [-0.39, 0.29) is 10.6 Å². The third-order valence-electron chi connectivity index (χ3n) is 4.09. The van der Waals surface area contributed by atoms with Gasteiger partial charge in [0.15, 0.2) is 0 Å². The molecule has 162 valence electrons. The van der Waals surface area contributed by atoms with Crippen molar-refractivity contribution in [3.63, 3.8) is 0 Å². The molecule has 0 aliphatic rings. The van der Waals surface area contributed by atoms with Crippen LogP contribution in [0.25, 0.3) is 10.9 Å². The van der Waals surface area contributed by atoms with Gasteiger partial charge in [-0.05, 0) is 45.0 Å². The van der Waals surface area contributed by atoms with Gasteiger partial charge in [0, 0.05) is 23.7 Å². The maximum Gasteiger partial charge on any atom is 0.412 e. The molecule has 2 amide bonds. The van der Waals surface area contributed by atoms with Crippen LogP contribution in [0.1, 0.15) is 31.1 Å². The zero-order valence-corrected chi connectivity index (χ0v) is 18.2. The minimum Gasteiger partial charge on any atom is -0.496 e. The van der Waals surface area contributed by atoms with Crippen LogP contribution in [-0.4, -0.2) is 29.7 Å². The maximum absolute atomic E-state index is 12.0. The van der Waals surface area contributed by atoms with E-state index in [0.717, 1.165) is 0 Å². The van der Waals surface area contributed by atoms with Gasteiger partial charge in [-0.3, -0.25) is 15.1 Å². The molecule has 0 radical (unpaired) electrons. The lowest BCUT2D eigenvalue weighted by Gasteiger charge is -2.20. The molecule has 1 heterocycles. The fourth-order valence-corrected chi connectivity index (χ4v) is 3.02. The normalized spacial score (nSPS) is 11.1. The summed E-state index contributed by atoms with van der Waals surface area (Å²) in [5.74, 6) is 0.558. The van der Waals surface area contributed by atoms with Crippen LogP contribution in [-0.2, 0) is 4.74 Å². The monoisotopic (exact) mass is 443 g/mol. The van der Waals surface area contributed by atoms with Gasteiger partial charge >= 0.3 is 6.09 Å². The van der Waals surface area contributed by atoms with Crippen molar-refractivity contribution >= 4 is 40.2 Å². The van der Waals surface area contributed by atoms with Crippen molar-refractivity contribution in [1.82, 2.24) is 4.98 Å². The molecule has 3 N–H and O–H groups in total. The molecule has 0 unspecified atom stereocenters. The topological polar surface area (TPSA) is 113 Å². The van der Waals surface area contributed by atoms with Gasteiger partial charge in [-0.25, -0.2) is 4.79 Å². The van der Waals surface area contributed by atoms with Crippen LogP contribution in [0.2, 0.25) is 5.02 Å². The fourth-order valence-electron chi connectivity index (χ4n) is 2.80. The zero-order chi connectivity index (χ0) is 22.8. The number of nitrogens with two attached hydrogens (primary N) is 1. The van der Waals surface area contributed by atoms with E-state index in [2.05, 4.69) is 10.3 Å². The molecule has 31 heavy (non-hydrogen) atoms. The number of nitrogens with one attached hydrogen (secondary N) is 1. The summed E-state index contributed by atoms with van der Waals surface area (Å²) in [5.41, 5.74) is 5.98. The third-order valence-corrected chi connectivity index (χ3v) is 4.40. The highest BCUT2D eigenvalue weighted by molar-refractivity contribution is 6.33. The number of anilines is 1. The highest BCUT2D eigenvalue weighted by Crippen LogP contribution is 2.35. The van der Waals surface area contributed by atoms with Gasteiger partial charge in [0.25, 0.3) is 5.91 Å². The number of nitrogens with zero attached hydrogens (tertiary/aromatic N) is 1. The number of methoxy groups -OCH3 is 1. The number of rotatable bonds is 5. The Kier molecular flexibility index (Phi) is 6.21. The summed E-state index contributed by atoms with van der Waals surface area (Å²) in [5, 5.41) is 3.43. The average molecular weight is 444 g/mol. The molecule has 0 spiro atoms. The fraction of sp³-hybridized carbons (Fsp3) is 0.227. The lowest BCUT2D eigenvalue weighted by molar-refractivity contribution is 0.0635. The van der Waals surface area contributed by atoms with Crippen molar-refractivity contribution in [2.24, 2.45) is 5.73 Å². The summed E-state index contributed by atoms with van der Waals surface area (Å²) < 4.78 is 16.4. The Morgan fingerprint density at radius 1 is 1.10 bits per heavy atom. The lowest BCUT2D eigenvalue weighted by Crippen LogP contribution is -2.27. The van der Waals surface area contributed by atoms with Crippen molar-refractivity contribution in [3.05, 3.63) is 53.2 Å². The number of benzene rings is 2. The van der Waals surface area contributed by atoms with Crippen LogP contribution < -0.4 is 20.5 Å². The number of fused-ring (bicyclic) bond motifs is 1. The number of hydrogen-bond donors (Lipinski definition) is 2. The SMILES string of the molecule is COc1cc2nccc(Oc3ccc(NC(=O)OC(C)(C)C)c(Cl)c3)c2cc1C(N)=O. The number of primary amides is 1. The van der Waals surface area contributed by atoms with Crippen molar-refractivity contribution in [3.8, 4) is 17.2 Å². The van der Waals surface area contributed by atoms with Crippen LogP contribution in [0.3, 0.4) is 0 Å². The molecule has 2 aromatic carbocycles. The van der Waals surface area contributed by atoms with Crippen molar-refractivity contribution in [2.75, 3.05) is 12.4 Å². The molecular weight excluding hydrogens is 422 g/mol. The molecule has 0 aliphatic carbocycles. The summed E-state index contributed by atoms with van der Waals surface area (Å²) in [6, 6.07) is 9.63. The van der Waals surface area contributed by atoms with E-state index in [1.54, 1.807) is 63.4 Å². The zero-order valence-electron chi connectivity index (χ0n) is 17.5. The molecule has 0 saturated carbocycles. The van der Waals surface area contributed by atoms with Gasteiger partial charge in [0.2, 0.25) is 0 Å². The van der Waals surface area contributed by atoms with Crippen molar-refractivity contribution in [2.45, 2.75) is 26.4 Å². The molecule has 8 nitrogen and oxygen atoms in total. The Bertz CT molecular complexity index is 1160. The number of carbonyl (C=O) groups is 2. The molecule has 0 aliphatic heterocycles. The summed E-state index contributed by atoms with van der Waals surface area (Å²) in [7, 11) is 1.45. The van der Waals surface area contributed by atoms with E-state index in [1.807, 2.05) is 0 Å². The van der Waals surface area contributed by atoms with E-state index in [1.165, 1.54) is 7.11 Å². The molecule has 9 heteroatoms. The largest absolute Gasteiger partial charge is 0.496 e. The van der Waals surface area contributed by atoms with Crippen LogP contribution in [0.5, 0.6) is 17.2 Å². The third kappa shape index (κ3) is 5.35. The molecule has 0 atom stereocenters. The summed E-state index contributed by atoms with van der Waals surface area (Å²) in [4.78, 5) is 28.0. The summed E-state index contributed by atoms with van der Waals surface area (Å²) in [6.07, 6.45) is 0.956. The Labute approximate surface area is 184 Å². The van der Waals surface area contributed by atoms with E-state index >= 15 is 0 Å². The van der Waals surface area contributed by atoms with Gasteiger partial charge in [-0.15, -0.1) is 0 Å². The van der Waals surface area contributed by atoms with E-state index < -0.39 is 17.6 Å². The molecular formula is C22H22ClN3O5. The van der Waals surface area contributed by atoms with E-state index in [4.69, 9.17) is 31.5 Å². The van der Waals surface area contributed by atoms with E-state index in [9.17, 15) is 9.59 Å². The van der Waals surface area contributed by atoms with Crippen LogP contribution in [0.4, 0.5) is 10.5 Å². The predicted molar refractivity (Wildman–Crippen MR) is 118 cm³/mol. The Balaban J connectivity index is 1.89. The minimum absolute atomic E-state index is 0.211. The summed E-state index contributed by atoms with van der Waals surface area (Å²) in [6.45, 7) is 5.30. The number of aromatic nitrogens is 1. The number of halogens is 1. The molecule has 0 fully saturated rings. The van der Waals surface area contributed by atoms with Gasteiger partial charge in [-0.1, -0.05) is 11.6 Å². The highest BCUT2D eigenvalue weighted by atomic mass is 35.5. The second kappa shape index (κ2) is 8.69. The van der Waals surface area contributed by atoms with Gasteiger partial charge in [0.1, 0.15) is 22.8 Å². The highest BCUT2D eigenvalue weighted by Gasteiger charge is 2.18. The first kappa shape index (κ1) is 22.2. The van der Waals surface area contributed by atoms with E-state index in [0.29, 0.717) is 33.8 Å². The van der Waals surface area contributed by atoms with Gasteiger partial charge in [-0.2, -0.15) is 0 Å². The predicted octanol–water partition coefficient (Wildman–Crippen LogP) is 5.14. The van der Waals surface area contributed by atoms with Gasteiger partial charge < -0.3 is 19.9 Å². The number of hydrogen-bond acceptors (Lipinski definition) is 6. The number of pyridine rings is 1. The average Bonchev–Trinajstić information content (AvgIpc) is 2.67. The number of amides is 2. The molecule has 0 bridgehead atoms. The van der Waals surface area contributed by atoms with Crippen molar-refractivity contribution in [1.29, 1.82) is 0 Å². The van der Waals surface area contributed by atoms with Crippen LogP contribution in [0.15, 0.2) is 42.6 Å². The Hall–Kier alpha value is -3.52. The lowest BCUT2D eigenvalue weighted by atomic mass is 10.1. The second-order valence-corrected chi connectivity index (χ2v) is 8.02. The first-order valence-electron chi connectivity index (χ1n) is 9.31. The van der Waals surface area contributed by atoms with Crippen molar-refractivity contribution < 1.29 is 23.8 Å². The van der Waals surface area contributed by atoms with Crippen LogP contribution in [0, 0.1) is 0 Å². The molecule has 0 saturated heterocycles. The molecule has 3 rings (SSSR count). The molecule has 1 aromatic heterocycles. The standard InChI is InChI=1S/C22H22ClN3O5/c1-22(2,3)31-21(28)26-16-6-5-12(9-15(16)23)30-18-7-8-25-17-11-19(29-4)14(20(24)27)10-13(17)18/h5-11H,1-4H3,(H2,24,27)(H,26,28). The summed E-state index contributed by atoms with van der Waals surface area (Å²) >= 11 is 6.30. The maximum atomic E-state index is 12.0. The number of carbonyl (C=O) groups excluding carboxylic acids is 2. The number of ether oxygens (including phenoxy) is 3. The quantitative estimate of drug-likeness (QED) is 0.564. The Morgan fingerprint density at radius 2 is 1.84 bits per heavy atom. The minimum atomic E-state index is -0.630. The smallest absolute Gasteiger partial charge is 0.412 e. The first-order valence-corrected chi connectivity index (χ1v) is 9.69. The second-order valence-electron chi connectivity index (χ2n) is 7.61.